The van der Waals surface area contributed by atoms with Gasteiger partial charge in [-0.1, -0.05) is 48.9 Å². The molecule has 106 valence electrons. The van der Waals surface area contributed by atoms with Crippen molar-refractivity contribution in [2.75, 3.05) is 5.32 Å². The predicted octanol–water partition coefficient (Wildman–Crippen LogP) is 3.66. The van der Waals surface area contributed by atoms with E-state index in [9.17, 15) is 9.59 Å². The van der Waals surface area contributed by atoms with E-state index in [2.05, 4.69) is 5.32 Å². The highest BCUT2D eigenvalue weighted by Gasteiger charge is 2.25. The number of anilines is 1. The zero-order chi connectivity index (χ0) is 14.7. The molecule has 0 radical (unpaired) electrons. The Kier molecular flexibility index (Phi) is 3.82. The molecule has 2 aromatic rings. The molecule has 21 heavy (non-hydrogen) atoms. The maximum absolute atomic E-state index is 12.4. The van der Waals surface area contributed by atoms with Gasteiger partial charge in [0.05, 0.1) is 0 Å². The van der Waals surface area contributed by atoms with Gasteiger partial charge in [-0.3, -0.25) is 9.59 Å². The Balaban J connectivity index is 1.76. The minimum Gasteiger partial charge on any atom is -0.326 e. The van der Waals surface area contributed by atoms with Gasteiger partial charge in [-0.15, -0.1) is 0 Å². The lowest BCUT2D eigenvalue weighted by atomic mass is 9.85. The average Bonchev–Trinajstić information content (AvgIpc) is 2.46. The molecule has 0 spiro atoms. The molecule has 1 saturated carbocycles. The maximum Gasteiger partial charge on any atom is 0.227 e. The van der Waals surface area contributed by atoms with Crippen LogP contribution < -0.4 is 5.32 Å². The van der Waals surface area contributed by atoms with Crippen molar-refractivity contribution in [3.63, 3.8) is 0 Å². The number of carbonyl (C=O) groups excluding carboxylic acids is 2. The molecule has 0 heterocycles. The molecule has 0 aliphatic heterocycles. The van der Waals surface area contributed by atoms with E-state index in [1.54, 1.807) is 30.3 Å². The van der Waals surface area contributed by atoms with Crippen LogP contribution in [0.2, 0.25) is 0 Å². The molecule has 1 fully saturated rings. The van der Waals surface area contributed by atoms with Crippen molar-refractivity contribution < 1.29 is 9.59 Å². The van der Waals surface area contributed by atoms with E-state index >= 15 is 0 Å². The smallest absolute Gasteiger partial charge is 0.227 e. The van der Waals surface area contributed by atoms with Gasteiger partial charge in [-0.2, -0.15) is 0 Å². The lowest BCUT2D eigenvalue weighted by molar-refractivity contribution is -0.122. The fraction of sp³-hybridized carbons (Fsp3) is 0.222. The van der Waals surface area contributed by atoms with Gasteiger partial charge < -0.3 is 5.32 Å². The van der Waals surface area contributed by atoms with Crippen LogP contribution >= 0.6 is 0 Å². The lowest BCUT2D eigenvalue weighted by Gasteiger charge is -2.24. The van der Waals surface area contributed by atoms with Gasteiger partial charge in [0, 0.05) is 22.7 Å². The molecule has 3 rings (SSSR count). The van der Waals surface area contributed by atoms with Crippen LogP contribution in [0.5, 0.6) is 0 Å². The number of hydrogen-bond acceptors (Lipinski definition) is 2. The predicted molar refractivity (Wildman–Crippen MR) is 82.3 cm³/mol. The van der Waals surface area contributed by atoms with Gasteiger partial charge in [-0.25, -0.2) is 0 Å². The zero-order valence-corrected chi connectivity index (χ0v) is 11.7. The molecule has 1 aliphatic carbocycles. The number of nitrogens with one attached hydrogen (secondary N) is 1. The molecule has 1 N–H and O–H groups in total. The molecule has 1 amide bonds. The fourth-order valence-electron chi connectivity index (χ4n) is 2.41. The molecular weight excluding hydrogens is 262 g/mol. The molecule has 0 bridgehead atoms. The van der Waals surface area contributed by atoms with Crippen molar-refractivity contribution in [2.24, 2.45) is 5.92 Å². The summed E-state index contributed by atoms with van der Waals surface area (Å²) in [5.41, 5.74) is 1.93. The van der Waals surface area contributed by atoms with E-state index < -0.39 is 0 Å². The second-order valence-corrected chi connectivity index (χ2v) is 5.39. The summed E-state index contributed by atoms with van der Waals surface area (Å²) in [5.74, 6) is 0.166. The topological polar surface area (TPSA) is 46.2 Å². The number of rotatable bonds is 4. The Hall–Kier alpha value is -2.42. The van der Waals surface area contributed by atoms with Crippen molar-refractivity contribution in [1.82, 2.24) is 0 Å². The van der Waals surface area contributed by atoms with Crippen LogP contribution in [0.1, 0.15) is 35.2 Å². The first-order chi connectivity index (χ1) is 10.2. The normalized spacial score (nSPS) is 14.3. The fourth-order valence-corrected chi connectivity index (χ4v) is 2.41. The molecule has 1 aliphatic rings. The number of benzene rings is 2. The average molecular weight is 279 g/mol. The Morgan fingerprint density at radius 2 is 1.62 bits per heavy atom. The van der Waals surface area contributed by atoms with Gasteiger partial charge >= 0.3 is 0 Å². The van der Waals surface area contributed by atoms with Crippen LogP contribution in [-0.2, 0) is 4.79 Å². The summed E-state index contributed by atoms with van der Waals surface area (Å²) in [5, 5.41) is 2.90. The van der Waals surface area contributed by atoms with Gasteiger partial charge in [0.15, 0.2) is 5.78 Å². The second-order valence-electron chi connectivity index (χ2n) is 5.39. The van der Waals surface area contributed by atoms with Crippen LogP contribution in [0, 0.1) is 5.92 Å². The highest BCUT2D eigenvalue weighted by Crippen LogP contribution is 2.27. The Morgan fingerprint density at radius 3 is 2.29 bits per heavy atom. The van der Waals surface area contributed by atoms with Crippen LogP contribution in [0.25, 0.3) is 0 Å². The first kappa shape index (κ1) is 13.6. The van der Waals surface area contributed by atoms with Crippen molar-refractivity contribution >= 4 is 17.4 Å². The molecule has 3 heteroatoms. The van der Waals surface area contributed by atoms with Gasteiger partial charge in [0.2, 0.25) is 5.91 Å². The van der Waals surface area contributed by atoms with E-state index in [-0.39, 0.29) is 17.6 Å². The molecule has 0 unspecified atom stereocenters. The van der Waals surface area contributed by atoms with Crippen LogP contribution in [-0.4, -0.2) is 11.7 Å². The minimum atomic E-state index is -0.0321. The maximum atomic E-state index is 12.4. The van der Waals surface area contributed by atoms with Crippen molar-refractivity contribution in [2.45, 2.75) is 19.3 Å². The summed E-state index contributed by atoms with van der Waals surface area (Å²) in [7, 11) is 0. The summed E-state index contributed by atoms with van der Waals surface area (Å²) < 4.78 is 0. The third-order valence-corrected chi connectivity index (χ3v) is 3.90. The number of hydrogen-bond donors (Lipinski definition) is 1. The molecule has 0 saturated heterocycles. The van der Waals surface area contributed by atoms with Crippen LogP contribution in [0.3, 0.4) is 0 Å². The number of carbonyl (C=O) groups is 2. The van der Waals surface area contributed by atoms with E-state index in [1.165, 1.54) is 0 Å². The standard InChI is InChI=1S/C18H17NO2/c20-17(13-6-2-1-3-7-13)15-10-5-11-16(12-15)19-18(21)14-8-4-9-14/h1-3,5-7,10-12,14H,4,8-9H2,(H,19,21). The second kappa shape index (κ2) is 5.92. The summed E-state index contributed by atoms with van der Waals surface area (Å²) in [6.45, 7) is 0. The SMILES string of the molecule is O=C(c1ccccc1)c1cccc(NC(=O)C2CCC2)c1. The van der Waals surface area contributed by atoms with Crippen molar-refractivity contribution in [3.8, 4) is 0 Å². The Morgan fingerprint density at radius 1 is 0.905 bits per heavy atom. The Bertz CT molecular complexity index is 660. The quantitative estimate of drug-likeness (QED) is 0.868. The van der Waals surface area contributed by atoms with Gasteiger partial charge in [0.1, 0.15) is 0 Å². The lowest BCUT2D eigenvalue weighted by Crippen LogP contribution is -2.28. The molecule has 3 nitrogen and oxygen atoms in total. The third-order valence-electron chi connectivity index (χ3n) is 3.90. The van der Waals surface area contributed by atoms with E-state index in [1.807, 2.05) is 24.3 Å². The van der Waals surface area contributed by atoms with E-state index in [0.717, 1.165) is 19.3 Å². The molecule has 0 atom stereocenters. The highest BCUT2D eigenvalue weighted by atomic mass is 16.2. The zero-order valence-electron chi connectivity index (χ0n) is 11.7. The highest BCUT2D eigenvalue weighted by molar-refractivity contribution is 6.09. The monoisotopic (exact) mass is 279 g/mol. The summed E-state index contributed by atoms with van der Waals surface area (Å²) in [6.07, 6.45) is 3.06. The molecule has 0 aromatic heterocycles. The van der Waals surface area contributed by atoms with Crippen LogP contribution in [0.15, 0.2) is 54.6 Å². The Labute approximate surface area is 124 Å². The van der Waals surface area contributed by atoms with Gasteiger partial charge in [-0.05, 0) is 25.0 Å². The van der Waals surface area contributed by atoms with Gasteiger partial charge in [0.25, 0.3) is 0 Å². The first-order valence-electron chi connectivity index (χ1n) is 7.25. The first-order valence-corrected chi connectivity index (χ1v) is 7.25. The minimum absolute atomic E-state index is 0.0321. The summed E-state index contributed by atoms with van der Waals surface area (Å²) in [6, 6.07) is 16.3. The summed E-state index contributed by atoms with van der Waals surface area (Å²) in [4.78, 5) is 24.3. The largest absolute Gasteiger partial charge is 0.326 e. The number of ketones is 1. The van der Waals surface area contributed by atoms with Crippen LogP contribution in [0.4, 0.5) is 5.69 Å². The number of amides is 1. The van der Waals surface area contributed by atoms with E-state index in [0.29, 0.717) is 16.8 Å². The third kappa shape index (κ3) is 3.02. The van der Waals surface area contributed by atoms with Crippen molar-refractivity contribution in [1.29, 1.82) is 0 Å². The molecule has 2 aromatic carbocycles. The van der Waals surface area contributed by atoms with Crippen molar-refractivity contribution in [3.05, 3.63) is 65.7 Å². The molecular formula is C18H17NO2. The summed E-state index contributed by atoms with van der Waals surface area (Å²) >= 11 is 0. The van der Waals surface area contributed by atoms with E-state index in [4.69, 9.17) is 0 Å².